The van der Waals surface area contributed by atoms with Crippen molar-refractivity contribution in [3.8, 4) is 0 Å². The largest absolute Gasteiger partial charge is 0.491 e. The topological polar surface area (TPSA) is 47.6 Å². The highest BCUT2D eigenvalue weighted by molar-refractivity contribution is 6.56. The molecule has 1 aliphatic rings. The predicted octanol–water partition coefficient (Wildman–Crippen LogP) is 4.65. The number of rotatable bonds is 6. The third-order valence-electron chi connectivity index (χ3n) is 5.86. The minimum absolute atomic E-state index is 0.0502. The van der Waals surface area contributed by atoms with Gasteiger partial charge in [-0.15, -0.1) is 0 Å². The Hall–Kier alpha value is -2.37. The molecule has 1 heterocycles. The average molecular weight is 391 g/mol. The molecule has 1 N–H and O–H groups in total. The monoisotopic (exact) mass is 391 g/mol. The van der Waals surface area contributed by atoms with Crippen molar-refractivity contribution in [1.82, 2.24) is 5.32 Å². The van der Waals surface area contributed by atoms with E-state index in [0.717, 1.165) is 16.6 Å². The van der Waals surface area contributed by atoms with Crippen LogP contribution < -0.4 is 5.32 Å². The highest BCUT2D eigenvalue weighted by atomic mass is 16.7. The quantitative estimate of drug-likeness (QED) is 0.729. The molecule has 1 amide bonds. The van der Waals surface area contributed by atoms with Gasteiger partial charge in [0.1, 0.15) is 0 Å². The number of carbonyl (C=O) groups is 1. The van der Waals surface area contributed by atoms with Gasteiger partial charge in [-0.1, -0.05) is 73.7 Å². The van der Waals surface area contributed by atoms with Crippen molar-refractivity contribution >= 4 is 19.1 Å². The Balaban J connectivity index is 1.83. The van der Waals surface area contributed by atoms with E-state index in [1.165, 1.54) is 0 Å². The first kappa shape index (κ1) is 21.3. The van der Waals surface area contributed by atoms with Gasteiger partial charge in [0, 0.05) is 6.54 Å². The second-order valence-corrected chi connectivity index (χ2v) is 8.57. The SMILES string of the molecule is CC(C(=O)NCc1ccccc1)/C(=C\c1ccccc1)B1OC(C)(C)C(C)(C)O1. The lowest BCUT2D eigenvalue weighted by atomic mass is 9.70. The summed E-state index contributed by atoms with van der Waals surface area (Å²) in [5.74, 6) is -0.445. The number of benzene rings is 2. The van der Waals surface area contributed by atoms with Gasteiger partial charge in [0.05, 0.1) is 17.1 Å². The fourth-order valence-electron chi connectivity index (χ4n) is 3.21. The molecule has 4 nitrogen and oxygen atoms in total. The second-order valence-electron chi connectivity index (χ2n) is 8.57. The molecule has 0 aliphatic carbocycles. The van der Waals surface area contributed by atoms with Crippen LogP contribution in [0.3, 0.4) is 0 Å². The lowest BCUT2D eigenvalue weighted by molar-refractivity contribution is -0.123. The van der Waals surface area contributed by atoms with Gasteiger partial charge >= 0.3 is 7.12 Å². The van der Waals surface area contributed by atoms with Crippen LogP contribution in [0.25, 0.3) is 6.08 Å². The van der Waals surface area contributed by atoms with Crippen molar-refractivity contribution in [2.24, 2.45) is 5.92 Å². The normalized spacial score (nSPS) is 19.1. The number of carbonyl (C=O) groups excluding carboxylic acids is 1. The molecular weight excluding hydrogens is 361 g/mol. The fraction of sp³-hybridized carbons (Fsp3) is 0.375. The minimum atomic E-state index is -0.572. The molecule has 152 valence electrons. The third kappa shape index (κ3) is 4.98. The van der Waals surface area contributed by atoms with Gasteiger partial charge in [0.25, 0.3) is 0 Å². The van der Waals surface area contributed by atoms with Gasteiger partial charge in [0.15, 0.2) is 0 Å². The maximum atomic E-state index is 13.0. The highest BCUT2D eigenvalue weighted by Crippen LogP contribution is 2.40. The van der Waals surface area contributed by atoms with Crippen LogP contribution >= 0.6 is 0 Å². The lowest BCUT2D eigenvalue weighted by Gasteiger charge is -2.32. The molecule has 0 bridgehead atoms. The Labute approximate surface area is 174 Å². The Kier molecular flexibility index (Phi) is 6.30. The van der Waals surface area contributed by atoms with Gasteiger partial charge in [-0.05, 0) is 44.3 Å². The fourth-order valence-corrected chi connectivity index (χ4v) is 3.21. The number of hydrogen-bond acceptors (Lipinski definition) is 3. The number of hydrogen-bond donors (Lipinski definition) is 1. The van der Waals surface area contributed by atoms with E-state index in [2.05, 4.69) is 5.32 Å². The van der Waals surface area contributed by atoms with Crippen LogP contribution in [0.4, 0.5) is 0 Å². The molecule has 0 aromatic heterocycles. The molecule has 0 radical (unpaired) electrons. The zero-order chi connectivity index (χ0) is 21.1. The Bertz CT molecular complexity index is 846. The zero-order valence-electron chi connectivity index (χ0n) is 17.9. The van der Waals surface area contributed by atoms with Crippen LogP contribution in [-0.2, 0) is 20.6 Å². The van der Waals surface area contributed by atoms with E-state index in [9.17, 15) is 4.79 Å². The zero-order valence-corrected chi connectivity index (χ0v) is 17.9. The summed E-state index contributed by atoms with van der Waals surface area (Å²) in [4.78, 5) is 13.0. The molecule has 5 heteroatoms. The summed E-state index contributed by atoms with van der Waals surface area (Å²) in [5, 5.41) is 3.04. The minimum Gasteiger partial charge on any atom is -0.400 e. The average Bonchev–Trinajstić information content (AvgIpc) is 2.92. The molecule has 1 fully saturated rings. The number of amides is 1. The first-order valence-electron chi connectivity index (χ1n) is 10.1. The van der Waals surface area contributed by atoms with Gasteiger partial charge in [-0.3, -0.25) is 4.79 Å². The summed E-state index contributed by atoms with van der Waals surface area (Å²) in [6.07, 6.45) is 2.01. The van der Waals surface area contributed by atoms with E-state index in [1.54, 1.807) is 0 Å². The van der Waals surface area contributed by atoms with Gasteiger partial charge < -0.3 is 14.6 Å². The molecular formula is C24H30BNO3. The van der Waals surface area contributed by atoms with Crippen LogP contribution in [0.5, 0.6) is 0 Å². The van der Waals surface area contributed by atoms with Crippen LogP contribution in [-0.4, -0.2) is 24.2 Å². The van der Waals surface area contributed by atoms with Gasteiger partial charge in [0.2, 0.25) is 5.91 Å². The van der Waals surface area contributed by atoms with Crippen LogP contribution in [0.15, 0.2) is 66.1 Å². The summed E-state index contributed by atoms with van der Waals surface area (Å²) >= 11 is 0. The first-order valence-corrected chi connectivity index (χ1v) is 10.1. The third-order valence-corrected chi connectivity index (χ3v) is 5.86. The van der Waals surface area contributed by atoms with Crippen molar-refractivity contribution in [2.45, 2.75) is 52.4 Å². The maximum Gasteiger partial charge on any atom is 0.491 e. The van der Waals surface area contributed by atoms with Crippen LogP contribution in [0.1, 0.15) is 45.7 Å². The Morgan fingerprint density at radius 3 is 2.03 bits per heavy atom. The Morgan fingerprint density at radius 1 is 0.966 bits per heavy atom. The highest BCUT2D eigenvalue weighted by Gasteiger charge is 2.53. The summed E-state index contributed by atoms with van der Waals surface area (Å²) in [5.41, 5.74) is 1.97. The predicted molar refractivity (Wildman–Crippen MR) is 118 cm³/mol. The van der Waals surface area contributed by atoms with Crippen LogP contribution in [0, 0.1) is 5.92 Å². The summed E-state index contributed by atoms with van der Waals surface area (Å²) in [7, 11) is -0.572. The molecule has 0 saturated carbocycles. The molecule has 0 spiro atoms. The Morgan fingerprint density at radius 2 is 1.48 bits per heavy atom. The lowest BCUT2D eigenvalue weighted by Crippen LogP contribution is -2.41. The van der Waals surface area contributed by atoms with E-state index in [0.29, 0.717) is 6.54 Å². The van der Waals surface area contributed by atoms with Crippen molar-refractivity contribution < 1.29 is 14.1 Å². The smallest absolute Gasteiger partial charge is 0.400 e. The van der Waals surface area contributed by atoms with Gasteiger partial charge in [-0.2, -0.15) is 0 Å². The molecule has 2 aromatic rings. The second kappa shape index (κ2) is 8.56. The molecule has 1 unspecified atom stereocenters. The van der Waals surface area contributed by atoms with E-state index in [-0.39, 0.29) is 5.91 Å². The number of nitrogens with one attached hydrogen (secondary N) is 1. The van der Waals surface area contributed by atoms with Crippen molar-refractivity contribution in [3.63, 3.8) is 0 Å². The van der Waals surface area contributed by atoms with Gasteiger partial charge in [-0.25, -0.2) is 0 Å². The van der Waals surface area contributed by atoms with Crippen molar-refractivity contribution in [1.29, 1.82) is 0 Å². The van der Waals surface area contributed by atoms with Crippen LogP contribution in [0.2, 0.25) is 0 Å². The summed E-state index contributed by atoms with van der Waals surface area (Å²) in [6, 6.07) is 19.9. The molecule has 29 heavy (non-hydrogen) atoms. The van der Waals surface area contributed by atoms with E-state index < -0.39 is 24.2 Å². The standard InChI is InChI=1S/C24H30BNO3/c1-18(22(27)26-17-20-14-10-7-11-15-20)21(16-19-12-8-6-9-13-19)25-28-23(2,3)24(4,5)29-25/h6-16,18H,17H2,1-5H3,(H,26,27)/b21-16+. The maximum absolute atomic E-state index is 13.0. The van der Waals surface area contributed by atoms with E-state index in [4.69, 9.17) is 9.31 Å². The molecule has 1 saturated heterocycles. The first-order chi connectivity index (χ1) is 13.7. The van der Waals surface area contributed by atoms with Crippen molar-refractivity contribution in [3.05, 3.63) is 77.3 Å². The van der Waals surface area contributed by atoms with Crippen molar-refractivity contribution in [2.75, 3.05) is 0 Å². The molecule has 2 aromatic carbocycles. The molecule has 1 atom stereocenters. The molecule has 1 aliphatic heterocycles. The summed E-state index contributed by atoms with van der Waals surface area (Å²) < 4.78 is 12.5. The summed E-state index contributed by atoms with van der Waals surface area (Å²) in [6.45, 7) is 10.5. The van der Waals surface area contributed by atoms with E-state index in [1.807, 2.05) is 101 Å². The molecule has 3 rings (SSSR count). The van der Waals surface area contributed by atoms with E-state index >= 15 is 0 Å².